The van der Waals surface area contributed by atoms with Crippen molar-refractivity contribution in [3.63, 3.8) is 0 Å². The first kappa shape index (κ1) is 24.8. The van der Waals surface area contributed by atoms with Crippen molar-refractivity contribution in [2.75, 3.05) is 4.31 Å². The van der Waals surface area contributed by atoms with E-state index >= 15 is 0 Å². The van der Waals surface area contributed by atoms with Gasteiger partial charge in [-0.1, -0.05) is 48.5 Å². The monoisotopic (exact) mass is 527 g/mol. The lowest BCUT2D eigenvalue weighted by Gasteiger charge is -2.21. The van der Waals surface area contributed by atoms with Crippen molar-refractivity contribution in [1.29, 1.82) is 0 Å². The molecule has 0 spiro atoms. The van der Waals surface area contributed by atoms with Gasteiger partial charge in [-0.05, 0) is 66.4 Å². The van der Waals surface area contributed by atoms with E-state index in [0.717, 1.165) is 22.5 Å². The third kappa shape index (κ3) is 5.51. The largest absolute Gasteiger partial charge is 0.478 e. The summed E-state index contributed by atoms with van der Waals surface area (Å²) < 4.78 is 49.8. The summed E-state index contributed by atoms with van der Waals surface area (Å²) in [5.41, 5.74) is 2.24. The first-order valence-electron chi connectivity index (χ1n) is 10.5. The highest BCUT2D eigenvalue weighted by Crippen LogP contribution is 2.38. The fourth-order valence-electron chi connectivity index (χ4n) is 3.62. The van der Waals surface area contributed by atoms with E-state index in [0.29, 0.717) is 23.5 Å². The number of para-hydroxylation sites is 1. The van der Waals surface area contributed by atoms with Crippen LogP contribution in [0.1, 0.15) is 21.5 Å². The summed E-state index contributed by atoms with van der Waals surface area (Å²) in [7, 11) is -3.76. The quantitative estimate of drug-likeness (QED) is 0.284. The topological polar surface area (TPSA) is 112 Å². The second-order valence-corrected chi connectivity index (χ2v) is 11.6. The fourth-order valence-corrected chi connectivity index (χ4v) is 7.12. The van der Waals surface area contributed by atoms with Gasteiger partial charge in [0.2, 0.25) is 9.84 Å². The summed E-state index contributed by atoms with van der Waals surface area (Å²) in [6, 6.07) is 24.7. The van der Waals surface area contributed by atoms with Crippen LogP contribution in [0.15, 0.2) is 100 Å². The Kier molecular flexibility index (Phi) is 7.46. The molecule has 0 aliphatic rings. The summed E-state index contributed by atoms with van der Waals surface area (Å²) in [6.45, 7) is 0. The molecule has 10 heteroatoms. The SMILES string of the molecule is O=C(O)c1cccc(CCc2ccccc2N(c2ccc(S(=O)(=O)c3ccccc3)s2)S(=O)O)c1. The molecule has 3 aromatic carbocycles. The summed E-state index contributed by atoms with van der Waals surface area (Å²) in [5, 5.41) is 9.53. The number of thiophene rings is 1. The molecular weight excluding hydrogens is 506 g/mol. The molecule has 0 amide bonds. The molecule has 0 saturated heterocycles. The van der Waals surface area contributed by atoms with Gasteiger partial charge in [0.15, 0.2) is 0 Å². The Morgan fingerprint density at radius 3 is 2.31 bits per heavy atom. The lowest BCUT2D eigenvalue weighted by Crippen LogP contribution is -2.19. The minimum absolute atomic E-state index is 0.0668. The normalized spacial score (nSPS) is 12.3. The number of anilines is 2. The molecular formula is C25H21NO6S3. The van der Waals surface area contributed by atoms with E-state index < -0.39 is 27.1 Å². The molecule has 180 valence electrons. The minimum Gasteiger partial charge on any atom is -0.478 e. The molecule has 7 nitrogen and oxygen atoms in total. The zero-order chi connectivity index (χ0) is 25.0. The van der Waals surface area contributed by atoms with E-state index in [1.54, 1.807) is 42.5 Å². The number of carboxylic acids is 1. The number of aromatic carboxylic acids is 1. The maximum Gasteiger partial charge on any atom is 0.335 e. The first-order chi connectivity index (χ1) is 16.8. The van der Waals surface area contributed by atoms with Crippen LogP contribution < -0.4 is 4.31 Å². The number of carboxylic acid groups (broad SMARTS) is 1. The van der Waals surface area contributed by atoms with Gasteiger partial charge in [-0.3, -0.25) is 4.55 Å². The second-order valence-electron chi connectivity index (χ2n) is 7.57. The van der Waals surface area contributed by atoms with Crippen molar-refractivity contribution in [3.8, 4) is 0 Å². The van der Waals surface area contributed by atoms with E-state index in [9.17, 15) is 27.1 Å². The van der Waals surface area contributed by atoms with Crippen LogP contribution in [0.3, 0.4) is 0 Å². The van der Waals surface area contributed by atoms with Crippen LogP contribution in [0.5, 0.6) is 0 Å². The molecule has 35 heavy (non-hydrogen) atoms. The van der Waals surface area contributed by atoms with Crippen LogP contribution in [0.4, 0.5) is 10.7 Å². The van der Waals surface area contributed by atoms with Gasteiger partial charge in [0.05, 0.1) is 16.1 Å². The average molecular weight is 528 g/mol. The molecule has 1 aromatic heterocycles. The molecule has 0 radical (unpaired) electrons. The lowest BCUT2D eigenvalue weighted by atomic mass is 10.0. The van der Waals surface area contributed by atoms with E-state index in [4.69, 9.17) is 0 Å². The zero-order valence-corrected chi connectivity index (χ0v) is 20.7. The van der Waals surface area contributed by atoms with Crippen molar-refractivity contribution >= 4 is 49.1 Å². The molecule has 4 rings (SSSR count). The molecule has 1 heterocycles. The van der Waals surface area contributed by atoms with Crippen molar-refractivity contribution in [2.24, 2.45) is 0 Å². The molecule has 0 aliphatic heterocycles. The van der Waals surface area contributed by atoms with Gasteiger partial charge in [0.1, 0.15) is 9.21 Å². The standard InChI is InChI=1S/C25H21NO6S3/c27-25(28)20-9-6-7-18(17-20)13-14-19-8-4-5-12-22(19)26(34(29)30)23-15-16-24(33-23)35(31,32)21-10-2-1-3-11-21/h1-12,15-17H,13-14H2,(H,27,28)(H,29,30). The predicted molar refractivity (Wildman–Crippen MR) is 136 cm³/mol. The Bertz CT molecular complexity index is 1480. The van der Waals surface area contributed by atoms with Crippen molar-refractivity contribution in [3.05, 3.63) is 108 Å². The Balaban J connectivity index is 1.65. The molecule has 0 aliphatic carbocycles. The maximum absolute atomic E-state index is 13.0. The Morgan fingerprint density at radius 2 is 1.60 bits per heavy atom. The Morgan fingerprint density at radius 1 is 0.886 bits per heavy atom. The molecule has 0 saturated carbocycles. The number of nitrogens with zero attached hydrogens (tertiary/aromatic N) is 1. The summed E-state index contributed by atoms with van der Waals surface area (Å²) >= 11 is -1.55. The van der Waals surface area contributed by atoms with Crippen molar-refractivity contribution in [1.82, 2.24) is 0 Å². The van der Waals surface area contributed by atoms with E-state index in [-0.39, 0.29) is 14.7 Å². The third-order valence-electron chi connectivity index (χ3n) is 5.31. The Labute approximate surface area is 209 Å². The molecule has 0 fully saturated rings. The number of aryl methyl sites for hydroxylation is 2. The number of hydrogen-bond acceptors (Lipinski definition) is 5. The Hall–Kier alpha value is -3.31. The number of hydrogen-bond donors (Lipinski definition) is 2. The van der Waals surface area contributed by atoms with Crippen LogP contribution in [-0.2, 0) is 33.9 Å². The number of benzene rings is 3. The molecule has 0 bridgehead atoms. The first-order valence-corrected chi connectivity index (χ1v) is 13.8. The van der Waals surface area contributed by atoms with Crippen LogP contribution in [-0.4, -0.2) is 28.3 Å². The van der Waals surface area contributed by atoms with E-state index in [2.05, 4.69) is 0 Å². The average Bonchev–Trinajstić information content (AvgIpc) is 3.34. The van der Waals surface area contributed by atoms with E-state index in [1.165, 1.54) is 34.6 Å². The molecule has 1 atom stereocenters. The molecule has 1 unspecified atom stereocenters. The van der Waals surface area contributed by atoms with Crippen LogP contribution in [0, 0.1) is 0 Å². The van der Waals surface area contributed by atoms with Crippen molar-refractivity contribution < 1.29 is 27.1 Å². The number of sulfone groups is 1. The van der Waals surface area contributed by atoms with Gasteiger partial charge >= 0.3 is 5.97 Å². The van der Waals surface area contributed by atoms with Gasteiger partial charge in [-0.25, -0.2) is 21.7 Å². The van der Waals surface area contributed by atoms with Crippen molar-refractivity contribution in [2.45, 2.75) is 21.9 Å². The van der Waals surface area contributed by atoms with Gasteiger partial charge in [-0.2, -0.15) is 0 Å². The smallest absolute Gasteiger partial charge is 0.335 e. The summed E-state index contributed by atoms with van der Waals surface area (Å²) in [6.07, 6.45) is 0.996. The van der Waals surface area contributed by atoms with Gasteiger partial charge in [-0.15, -0.1) is 11.3 Å². The zero-order valence-electron chi connectivity index (χ0n) is 18.3. The predicted octanol–water partition coefficient (Wildman–Crippen LogP) is 5.34. The highest BCUT2D eigenvalue weighted by atomic mass is 32.2. The van der Waals surface area contributed by atoms with Gasteiger partial charge < -0.3 is 5.11 Å². The minimum atomic E-state index is -3.76. The molecule has 4 aromatic rings. The van der Waals surface area contributed by atoms with E-state index in [1.807, 2.05) is 18.2 Å². The highest BCUT2D eigenvalue weighted by Gasteiger charge is 2.25. The van der Waals surface area contributed by atoms with Crippen LogP contribution >= 0.6 is 11.3 Å². The fraction of sp³-hybridized carbons (Fsp3) is 0.0800. The van der Waals surface area contributed by atoms with Gasteiger partial charge in [0.25, 0.3) is 11.3 Å². The van der Waals surface area contributed by atoms with Crippen LogP contribution in [0.25, 0.3) is 0 Å². The summed E-state index contributed by atoms with van der Waals surface area (Å²) in [5.74, 6) is -1.01. The summed E-state index contributed by atoms with van der Waals surface area (Å²) in [4.78, 5) is 11.4. The highest BCUT2D eigenvalue weighted by molar-refractivity contribution is 7.93. The third-order valence-corrected chi connectivity index (χ3v) is 9.46. The van der Waals surface area contributed by atoms with Crippen LogP contribution in [0.2, 0.25) is 0 Å². The molecule has 2 N–H and O–H groups in total. The maximum atomic E-state index is 13.0. The number of rotatable bonds is 9. The second kappa shape index (κ2) is 10.5. The lowest BCUT2D eigenvalue weighted by molar-refractivity contribution is 0.0696. The van der Waals surface area contributed by atoms with Gasteiger partial charge in [0, 0.05) is 0 Å². The number of carbonyl (C=O) groups is 1.